The Morgan fingerprint density at radius 1 is 1.15 bits per heavy atom. The number of furan rings is 1. The van der Waals surface area contributed by atoms with Crippen LogP contribution in [0.3, 0.4) is 0 Å². The quantitative estimate of drug-likeness (QED) is 0.650. The number of hydrogen-bond donors (Lipinski definition) is 1. The average Bonchev–Trinajstić information content (AvgIpc) is 2.92. The lowest BCUT2D eigenvalue weighted by atomic mass is 10.1. The molecule has 0 saturated carbocycles. The first-order valence-corrected chi connectivity index (χ1v) is 10.8. The second-order valence-corrected chi connectivity index (χ2v) is 9.19. The summed E-state index contributed by atoms with van der Waals surface area (Å²) in [6.07, 6.45) is 1.14. The highest BCUT2D eigenvalue weighted by Crippen LogP contribution is 2.29. The number of rotatable bonds is 5. The number of fused-ring (bicyclic) bond motifs is 1. The second-order valence-electron chi connectivity index (χ2n) is 6.19. The number of carbonyl (C=O) groups excluding carboxylic acids is 1. The van der Waals surface area contributed by atoms with Gasteiger partial charge < -0.3 is 9.73 Å². The zero-order chi connectivity index (χ0) is 18.9. The Balaban J connectivity index is 1.97. The van der Waals surface area contributed by atoms with Crippen molar-refractivity contribution in [1.82, 2.24) is 5.32 Å². The van der Waals surface area contributed by atoms with Crippen LogP contribution in [0, 0.1) is 0 Å². The fourth-order valence-corrected chi connectivity index (χ4v) is 4.29. The van der Waals surface area contributed by atoms with Crippen LogP contribution in [0.5, 0.6) is 0 Å². The SMILES string of the molecule is CC(NC(=O)c1oc2ccccc2c1CS(C)(=O)=O)c1ccccc1Br. The number of benzene rings is 2. The molecule has 3 aromatic rings. The van der Waals surface area contributed by atoms with Gasteiger partial charge in [0.25, 0.3) is 5.91 Å². The molecule has 0 bridgehead atoms. The number of nitrogens with one attached hydrogen (secondary N) is 1. The van der Waals surface area contributed by atoms with Crippen LogP contribution in [0.15, 0.2) is 57.4 Å². The van der Waals surface area contributed by atoms with Gasteiger partial charge in [-0.15, -0.1) is 0 Å². The summed E-state index contributed by atoms with van der Waals surface area (Å²) in [6, 6.07) is 14.3. The standard InChI is InChI=1S/C19H18BrNO4S/c1-12(13-7-3-5-9-16(13)20)21-19(22)18-15(11-26(2,23)24)14-8-4-6-10-17(14)25-18/h3-10,12H,11H2,1-2H3,(H,21,22). The Labute approximate surface area is 160 Å². The molecule has 2 aromatic carbocycles. The normalized spacial score (nSPS) is 12.9. The summed E-state index contributed by atoms with van der Waals surface area (Å²) in [5.74, 6) is -0.658. The zero-order valence-corrected chi connectivity index (χ0v) is 16.7. The molecule has 1 unspecified atom stereocenters. The van der Waals surface area contributed by atoms with E-state index >= 15 is 0 Å². The van der Waals surface area contributed by atoms with Gasteiger partial charge in [0.15, 0.2) is 15.6 Å². The van der Waals surface area contributed by atoms with Crippen molar-refractivity contribution in [1.29, 1.82) is 0 Å². The Kier molecular flexibility index (Phi) is 5.20. The first-order valence-electron chi connectivity index (χ1n) is 7.99. The minimum Gasteiger partial charge on any atom is -0.451 e. The monoisotopic (exact) mass is 435 g/mol. The minimum atomic E-state index is -3.33. The summed E-state index contributed by atoms with van der Waals surface area (Å²) in [5.41, 5.74) is 1.80. The maximum atomic E-state index is 12.8. The van der Waals surface area contributed by atoms with Crippen LogP contribution in [0.2, 0.25) is 0 Å². The fraction of sp³-hybridized carbons (Fsp3) is 0.211. The number of sulfone groups is 1. The highest BCUT2D eigenvalue weighted by Gasteiger charge is 2.24. The molecule has 136 valence electrons. The molecule has 5 nitrogen and oxygen atoms in total. The zero-order valence-electron chi connectivity index (χ0n) is 14.3. The van der Waals surface area contributed by atoms with Crippen LogP contribution in [-0.4, -0.2) is 20.6 Å². The van der Waals surface area contributed by atoms with Gasteiger partial charge in [-0.1, -0.05) is 52.3 Å². The summed E-state index contributed by atoms with van der Waals surface area (Å²) in [4.78, 5) is 12.8. The van der Waals surface area contributed by atoms with Gasteiger partial charge in [0.2, 0.25) is 0 Å². The highest BCUT2D eigenvalue weighted by molar-refractivity contribution is 9.10. The molecule has 1 atom stereocenters. The van der Waals surface area contributed by atoms with Gasteiger partial charge in [0.05, 0.1) is 11.8 Å². The third-order valence-corrected chi connectivity index (χ3v) is 5.57. The van der Waals surface area contributed by atoms with E-state index in [9.17, 15) is 13.2 Å². The van der Waals surface area contributed by atoms with Crippen LogP contribution in [0.1, 0.15) is 34.6 Å². The second kappa shape index (κ2) is 7.25. The van der Waals surface area contributed by atoms with Crippen LogP contribution in [0.25, 0.3) is 11.0 Å². The molecular weight excluding hydrogens is 418 g/mol. The molecule has 0 saturated heterocycles. The molecule has 0 fully saturated rings. The van der Waals surface area contributed by atoms with E-state index in [1.165, 1.54) is 0 Å². The molecule has 0 aliphatic rings. The molecule has 1 aromatic heterocycles. The van der Waals surface area contributed by atoms with Crippen molar-refractivity contribution in [2.24, 2.45) is 0 Å². The van der Waals surface area contributed by atoms with E-state index in [-0.39, 0.29) is 17.6 Å². The van der Waals surface area contributed by atoms with Gasteiger partial charge in [0.1, 0.15) is 5.58 Å². The highest BCUT2D eigenvalue weighted by atomic mass is 79.9. The number of carbonyl (C=O) groups is 1. The summed E-state index contributed by atoms with van der Waals surface area (Å²) in [7, 11) is -3.33. The van der Waals surface area contributed by atoms with Gasteiger partial charge in [0, 0.05) is 21.7 Å². The minimum absolute atomic E-state index is 0.0375. The number of hydrogen-bond acceptors (Lipinski definition) is 4. The van der Waals surface area contributed by atoms with Crippen molar-refractivity contribution in [3.63, 3.8) is 0 Å². The third kappa shape index (κ3) is 3.99. The van der Waals surface area contributed by atoms with Crippen LogP contribution in [0.4, 0.5) is 0 Å². The molecule has 0 aliphatic carbocycles. The third-order valence-electron chi connectivity index (χ3n) is 4.03. The number of amides is 1. The van der Waals surface area contributed by atoms with E-state index in [0.717, 1.165) is 16.3 Å². The molecule has 1 N–H and O–H groups in total. The Morgan fingerprint density at radius 2 is 1.81 bits per heavy atom. The molecule has 3 rings (SSSR count). The van der Waals surface area contributed by atoms with Crippen molar-refractivity contribution in [3.8, 4) is 0 Å². The summed E-state index contributed by atoms with van der Waals surface area (Å²) in [6.45, 7) is 1.86. The van der Waals surface area contributed by atoms with Gasteiger partial charge >= 0.3 is 0 Å². The molecule has 26 heavy (non-hydrogen) atoms. The number of halogens is 1. The van der Waals surface area contributed by atoms with Crippen molar-refractivity contribution >= 4 is 42.6 Å². The summed E-state index contributed by atoms with van der Waals surface area (Å²) < 4.78 is 30.2. The smallest absolute Gasteiger partial charge is 0.287 e. The topological polar surface area (TPSA) is 76.4 Å². The van der Waals surface area contributed by atoms with E-state index < -0.39 is 15.7 Å². The Bertz CT molecular complexity index is 1070. The van der Waals surface area contributed by atoms with E-state index in [1.807, 2.05) is 31.2 Å². The lowest BCUT2D eigenvalue weighted by molar-refractivity contribution is 0.0913. The average molecular weight is 436 g/mol. The van der Waals surface area contributed by atoms with E-state index in [1.54, 1.807) is 24.3 Å². The predicted molar refractivity (Wildman–Crippen MR) is 105 cm³/mol. The Morgan fingerprint density at radius 3 is 2.50 bits per heavy atom. The van der Waals surface area contributed by atoms with Crippen LogP contribution in [-0.2, 0) is 15.6 Å². The first-order chi connectivity index (χ1) is 12.3. The predicted octanol–water partition coefficient (Wildman–Crippen LogP) is 4.23. The summed E-state index contributed by atoms with van der Waals surface area (Å²) >= 11 is 3.47. The van der Waals surface area contributed by atoms with Gasteiger partial charge in [-0.05, 0) is 24.6 Å². The lowest BCUT2D eigenvalue weighted by Crippen LogP contribution is -2.27. The van der Waals surface area contributed by atoms with Crippen molar-refractivity contribution in [2.75, 3.05) is 6.26 Å². The first kappa shape index (κ1) is 18.7. The van der Waals surface area contributed by atoms with Gasteiger partial charge in [-0.2, -0.15) is 0 Å². The molecule has 7 heteroatoms. The fourth-order valence-electron chi connectivity index (χ4n) is 2.85. The van der Waals surface area contributed by atoms with Crippen molar-refractivity contribution in [2.45, 2.75) is 18.7 Å². The maximum Gasteiger partial charge on any atom is 0.287 e. The molecule has 0 aliphatic heterocycles. The Hall–Kier alpha value is -2.12. The van der Waals surface area contributed by atoms with E-state index in [0.29, 0.717) is 16.5 Å². The van der Waals surface area contributed by atoms with Crippen LogP contribution >= 0.6 is 15.9 Å². The summed E-state index contributed by atoms with van der Waals surface area (Å²) in [5, 5.41) is 3.52. The van der Waals surface area contributed by atoms with E-state index in [4.69, 9.17) is 4.42 Å². The molecule has 1 heterocycles. The largest absolute Gasteiger partial charge is 0.451 e. The van der Waals surface area contributed by atoms with Gasteiger partial charge in [-0.25, -0.2) is 8.42 Å². The van der Waals surface area contributed by atoms with Crippen LogP contribution < -0.4 is 5.32 Å². The maximum absolute atomic E-state index is 12.8. The number of para-hydroxylation sites is 1. The lowest BCUT2D eigenvalue weighted by Gasteiger charge is -2.15. The molecule has 1 amide bonds. The molecule has 0 radical (unpaired) electrons. The van der Waals surface area contributed by atoms with Crippen molar-refractivity contribution < 1.29 is 17.6 Å². The molecule has 0 spiro atoms. The van der Waals surface area contributed by atoms with Gasteiger partial charge in [-0.3, -0.25) is 4.79 Å². The van der Waals surface area contributed by atoms with Crippen molar-refractivity contribution in [3.05, 3.63) is 69.9 Å². The molecular formula is C19H18BrNO4S. The van der Waals surface area contributed by atoms with E-state index in [2.05, 4.69) is 21.2 Å².